The molecule has 0 aliphatic rings. The van der Waals surface area contributed by atoms with Crippen LogP contribution in [0.2, 0.25) is 0 Å². The standard InChI is InChI=1S/C18H14F3N3OS/c19-18(20,21)26-15-8-6-13(7-9-15)17(25)22-10-14-11-23-24-16(14)12-4-2-1-3-5-12/h1-9,11H,10H2,(H,22,25)(H,23,24). The molecular weight excluding hydrogens is 363 g/mol. The minimum atomic E-state index is -4.35. The van der Waals surface area contributed by atoms with Gasteiger partial charge in [-0.2, -0.15) is 18.3 Å². The minimum Gasteiger partial charge on any atom is -0.348 e. The molecule has 1 amide bonds. The van der Waals surface area contributed by atoms with Gasteiger partial charge in [0.15, 0.2) is 0 Å². The van der Waals surface area contributed by atoms with Crippen LogP contribution in [0, 0.1) is 0 Å². The number of amides is 1. The van der Waals surface area contributed by atoms with Crippen LogP contribution in [0.3, 0.4) is 0 Å². The molecule has 1 aromatic heterocycles. The Morgan fingerprint density at radius 1 is 1.08 bits per heavy atom. The lowest BCUT2D eigenvalue weighted by molar-refractivity contribution is -0.0328. The van der Waals surface area contributed by atoms with Gasteiger partial charge in [0.2, 0.25) is 0 Å². The number of thioether (sulfide) groups is 1. The predicted molar refractivity (Wildman–Crippen MR) is 93.5 cm³/mol. The molecule has 2 N–H and O–H groups in total. The summed E-state index contributed by atoms with van der Waals surface area (Å²) in [6.07, 6.45) is 1.63. The first kappa shape index (κ1) is 18.1. The zero-order chi connectivity index (χ0) is 18.6. The van der Waals surface area contributed by atoms with Crippen molar-refractivity contribution in [3.05, 3.63) is 71.9 Å². The number of nitrogens with zero attached hydrogens (tertiary/aromatic N) is 1. The van der Waals surface area contributed by atoms with Gasteiger partial charge in [0, 0.05) is 22.6 Å². The van der Waals surface area contributed by atoms with Crippen LogP contribution in [0.5, 0.6) is 0 Å². The van der Waals surface area contributed by atoms with Gasteiger partial charge in [-0.1, -0.05) is 30.3 Å². The summed E-state index contributed by atoms with van der Waals surface area (Å²) in [5, 5.41) is 9.66. The van der Waals surface area contributed by atoms with Crippen LogP contribution in [-0.2, 0) is 6.54 Å². The number of aromatic nitrogens is 2. The zero-order valence-electron chi connectivity index (χ0n) is 13.4. The molecule has 0 fully saturated rings. The molecule has 0 bridgehead atoms. The maximum Gasteiger partial charge on any atom is 0.446 e. The molecule has 3 aromatic rings. The molecule has 0 radical (unpaired) electrons. The number of carbonyl (C=O) groups excluding carboxylic acids is 1. The fourth-order valence-electron chi connectivity index (χ4n) is 2.39. The number of alkyl halides is 3. The maximum absolute atomic E-state index is 12.3. The maximum atomic E-state index is 12.3. The van der Waals surface area contributed by atoms with E-state index in [1.807, 2.05) is 30.3 Å². The Hall–Kier alpha value is -2.74. The second kappa shape index (κ2) is 7.65. The molecule has 2 aromatic carbocycles. The molecular formula is C18H14F3N3OS. The summed E-state index contributed by atoms with van der Waals surface area (Å²) in [5.41, 5.74) is -1.49. The van der Waals surface area contributed by atoms with Crippen LogP contribution in [-0.4, -0.2) is 21.6 Å². The van der Waals surface area contributed by atoms with Gasteiger partial charge in [-0.3, -0.25) is 9.89 Å². The number of benzene rings is 2. The van der Waals surface area contributed by atoms with Crippen molar-refractivity contribution < 1.29 is 18.0 Å². The van der Waals surface area contributed by atoms with E-state index in [0.717, 1.165) is 16.8 Å². The zero-order valence-corrected chi connectivity index (χ0v) is 14.2. The SMILES string of the molecule is O=C(NCc1cn[nH]c1-c1ccccc1)c1ccc(SC(F)(F)F)cc1. The Bertz CT molecular complexity index is 877. The number of halogens is 3. The largest absolute Gasteiger partial charge is 0.446 e. The molecule has 0 unspecified atom stereocenters. The average molecular weight is 377 g/mol. The molecule has 0 aliphatic heterocycles. The second-order valence-electron chi connectivity index (χ2n) is 5.39. The summed E-state index contributed by atoms with van der Waals surface area (Å²) in [7, 11) is 0. The van der Waals surface area contributed by atoms with E-state index in [4.69, 9.17) is 0 Å². The van der Waals surface area contributed by atoms with Crippen LogP contribution in [0.1, 0.15) is 15.9 Å². The molecule has 0 saturated carbocycles. The molecule has 3 rings (SSSR count). The fraction of sp³-hybridized carbons (Fsp3) is 0.111. The Kier molecular flexibility index (Phi) is 5.32. The molecule has 4 nitrogen and oxygen atoms in total. The van der Waals surface area contributed by atoms with Crippen molar-refractivity contribution in [1.82, 2.24) is 15.5 Å². The normalized spacial score (nSPS) is 11.3. The van der Waals surface area contributed by atoms with Crippen LogP contribution < -0.4 is 5.32 Å². The highest BCUT2D eigenvalue weighted by Gasteiger charge is 2.29. The van der Waals surface area contributed by atoms with Crippen molar-refractivity contribution in [2.75, 3.05) is 0 Å². The highest BCUT2D eigenvalue weighted by Crippen LogP contribution is 2.36. The van der Waals surface area contributed by atoms with E-state index in [2.05, 4.69) is 15.5 Å². The predicted octanol–water partition coefficient (Wildman–Crippen LogP) is 4.62. The topological polar surface area (TPSA) is 57.8 Å². The summed E-state index contributed by atoms with van der Waals surface area (Å²) in [4.78, 5) is 12.3. The second-order valence-corrected chi connectivity index (χ2v) is 6.53. The van der Waals surface area contributed by atoms with Crippen LogP contribution in [0.25, 0.3) is 11.3 Å². The molecule has 134 valence electrons. The van der Waals surface area contributed by atoms with Crippen molar-refractivity contribution >= 4 is 17.7 Å². The highest BCUT2D eigenvalue weighted by atomic mass is 32.2. The van der Waals surface area contributed by atoms with E-state index in [1.165, 1.54) is 24.3 Å². The van der Waals surface area contributed by atoms with Gasteiger partial charge < -0.3 is 5.32 Å². The smallest absolute Gasteiger partial charge is 0.348 e. The van der Waals surface area contributed by atoms with Gasteiger partial charge in [0.25, 0.3) is 5.91 Å². The molecule has 8 heteroatoms. The number of hydrogen-bond donors (Lipinski definition) is 2. The number of carbonyl (C=O) groups is 1. The number of hydrogen-bond acceptors (Lipinski definition) is 3. The third kappa shape index (κ3) is 4.66. The van der Waals surface area contributed by atoms with Gasteiger partial charge in [-0.05, 0) is 41.6 Å². The van der Waals surface area contributed by atoms with E-state index < -0.39 is 5.51 Å². The van der Waals surface area contributed by atoms with Gasteiger partial charge in [0.05, 0.1) is 11.9 Å². The third-order valence-corrected chi connectivity index (χ3v) is 4.31. The third-order valence-electron chi connectivity index (χ3n) is 3.57. The van der Waals surface area contributed by atoms with Crippen LogP contribution >= 0.6 is 11.8 Å². The summed E-state index contributed by atoms with van der Waals surface area (Å²) < 4.78 is 37.0. The first-order chi connectivity index (χ1) is 12.4. The Morgan fingerprint density at radius 2 is 1.77 bits per heavy atom. The molecule has 26 heavy (non-hydrogen) atoms. The van der Waals surface area contributed by atoms with E-state index >= 15 is 0 Å². The van der Waals surface area contributed by atoms with E-state index in [9.17, 15) is 18.0 Å². The van der Waals surface area contributed by atoms with E-state index in [0.29, 0.717) is 5.56 Å². The Morgan fingerprint density at radius 3 is 2.42 bits per heavy atom. The molecule has 0 atom stereocenters. The lowest BCUT2D eigenvalue weighted by atomic mass is 10.1. The molecule has 0 aliphatic carbocycles. The van der Waals surface area contributed by atoms with Crippen molar-refractivity contribution in [2.45, 2.75) is 16.9 Å². The van der Waals surface area contributed by atoms with E-state index in [1.54, 1.807) is 6.20 Å². The van der Waals surface area contributed by atoms with Crippen LogP contribution in [0.4, 0.5) is 13.2 Å². The van der Waals surface area contributed by atoms with Gasteiger partial charge in [-0.15, -0.1) is 0 Å². The Labute approximate surface area is 151 Å². The Balaban J connectivity index is 1.64. The first-order valence-electron chi connectivity index (χ1n) is 7.64. The fourth-order valence-corrected chi connectivity index (χ4v) is 2.92. The summed E-state index contributed by atoms with van der Waals surface area (Å²) in [6, 6.07) is 14.9. The van der Waals surface area contributed by atoms with Crippen molar-refractivity contribution in [2.24, 2.45) is 0 Å². The van der Waals surface area contributed by atoms with Crippen molar-refractivity contribution in [3.63, 3.8) is 0 Å². The van der Waals surface area contributed by atoms with Gasteiger partial charge in [0.1, 0.15) is 0 Å². The quantitative estimate of drug-likeness (QED) is 0.638. The van der Waals surface area contributed by atoms with Crippen molar-refractivity contribution in [1.29, 1.82) is 0 Å². The highest BCUT2D eigenvalue weighted by molar-refractivity contribution is 8.00. The van der Waals surface area contributed by atoms with Gasteiger partial charge in [-0.25, -0.2) is 0 Å². The minimum absolute atomic E-state index is 0.0373. The number of aromatic amines is 1. The summed E-state index contributed by atoms with van der Waals surface area (Å²) >= 11 is -0.212. The van der Waals surface area contributed by atoms with Crippen molar-refractivity contribution in [3.8, 4) is 11.3 Å². The lowest BCUT2D eigenvalue weighted by Crippen LogP contribution is -2.22. The summed E-state index contributed by atoms with van der Waals surface area (Å²) in [5.74, 6) is -0.367. The lowest BCUT2D eigenvalue weighted by Gasteiger charge is -2.08. The molecule has 1 heterocycles. The molecule has 0 saturated heterocycles. The molecule has 0 spiro atoms. The van der Waals surface area contributed by atoms with Crippen LogP contribution in [0.15, 0.2) is 65.7 Å². The average Bonchev–Trinajstić information content (AvgIpc) is 3.08. The first-order valence-corrected chi connectivity index (χ1v) is 8.46. The number of nitrogens with one attached hydrogen (secondary N) is 2. The van der Waals surface area contributed by atoms with Gasteiger partial charge >= 0.3 is 5.51 Å². The van der Waals surface area contributed by atoms with E-state index in [-0.39, 0.29) is 29.1 Å². The monoisotopic (exact) mass is 377 g/mol. The number of H-pyrrole nitrogens is 1. The number of rotatable bonds is 5. The summed E-state index contributed by atoms with van der Waals surface area (Å²) in [6.45, 7) is 0.249.